The highest BCUT2D eigenvalue weighted by molar-refractivity contribution is 5.50. The average Bonchev–Trinajstić information content (AvgIpc) is 3.18. The molecule has 2 aliphatic rings. The van der Waals surface area contributed by atoms with Crippen LogP contribution in [-0.2, 0) is 19.6 Å². The van der Waals surface area contributed by atoms with Gasteiger partial charge in [0.05, 0.1) is 27.9 Å². The van der Waals surface area contributed by atoms with Crippen LogP contribution in [0.1, 0.15) is 36.0 Å². The number of nitrogens with zero attached hydrogens (tertiary/aromatic N) is 4. The van der Waals surface area contributed by atoms with Crippen molar-refractivity contribution in [2.24, 2.45) is 0 Å². The fourth-order valence-corrected chi connectivity index (χ4v) is 4.22. The highest BCUT2D eigenvalue weighted by Gasteiger charge is 2.27. The fourth-order valence-electron chi connectivity index (χ4n) is 4.22. The van der Waals surface area contributed by atoms with Crippen LogP contribution in [0.15, 0.2) is 12.1 Å². The molecule has 0 amide bonds. The van der Waals surface area contributed by atoms with Crippen molar-refractivity contribution in [1.29, 1.82) is 0 Å². The number of nitrogens with one attached hydrogen (secondary N) is 1. The molecule has 1 aromatic heterocycles. The zero-order valence-electron chi connectivity index (χ0n) is 16.9. The zero-order chi connectivity index (χ0) is 19.5. The maximum absolute atomic E-state index is 5.58. The van der Waals surface area contributed by atoms with Crippen LogP contribution in [0.5, 0.6) is 17.2 Å². The van der Waals surface area contributed by atoms with E-state index in [4.69, 9.17) is 14.2 Å². The van der Waals surface area contributed by atoms with Crippen molar-refractivity contribution in [3.8, 4) is 17.2 Å². The number of benzene rings is 1. The van der Waals surface area contributed by atoms with E-state index >= 15 is 0 Å². The van der Waals surface area contributed by atoms with Gasteiger partial charge in [-0.05, 0) is 32.0 Å². The van der Waals surface area contributed by atoms with Gasteiger partial charge in [-0.15, -0.1) is 10.2 Å². The van der Waals surface area contributed by atoms with Crippen molar-refractivity contribution in [2.75, 3.05) is 41.0 Å². The minimum Gasteiger partial charge on any atom is -0.496 e. The molecular weight excluding hydrogens is 358 g/mol. The lowest BCUT2D eigenvalue weighted by molar-refractivity contribution is 0.197. The standard InChI is InChI=1S/C20H29N5O3/c1-26-16-11-18(28-3)17(27-2)10-15(16)13-24-7-4-14(5-8-24)20-23-22-19-12-21-6-9-25(19)20/h10-11,14,21H,4-9,12-13H2,1-3H3. The molecule has 3 heterocycles. The maximum atomic E-state index is 5.58. The lowest BCUT2D eigenvalue weighted by Gasteiger charge is -2.32. The summed E-state index contributed by atoms with van der Waals surface area (Å²) in [6.45, 7) is 5.69. The van der Waals surface area contributed by atoms with Crippen LogP contribution in [0.25, 0.3) is 0 Å². The van der Waals surface area contributed by atoms with E-state index in [0.717, 1.165) is 75.0 Å². The van der Waals surface area contributed by atoms with Crippen molar-refractivity contribution in [1.82, 2.24) is 25.0 Å². The van der Waals surface area contributed by atoms with E-state index in [0.29, 0.717) is 11.7 Å². The second kappa shape index (κ2) is 8.36. The molecule has 8 heteroatoms. The molecule has 0 unspecified atom stereocenters. The summed E-state index contributed by atoms with van der Waals surface area (Å²) in [6, 6.07) is 3.92. The number of hydrogen-bond donors (Lipinski definition) is 1. The Hall–Kier alpha value is -2.32. The first kappa shape index (κ1) is 19.0. The number of methoxy groups -OCH3 is 3. The Morgan fingerprint density at radius 3 is 2.39 bits per heavy atom. The van der Waals surface area contributed by atoms with Crippen LogP contribution in [0.4, 0.5) is 0 Å². The Morgan fingerprint density at radius 2 is 1.68 bits per heavy atom. The van der Waals surface area contributed by atoms with Crippen molar-refractivity contribution in [2.45, 2.75) is 38.4 Å². The van der Waals surface area contributed by atoms with Gasteiger partial charge in [-0.25, -0.2) is 0 Å². The van der Waals surface area contributed by atoms with Gasteiger partial charge >= 0.3 is 0 Å². The first-order chi connectivity index (χ1) is 13.7. The van der Waals surface area contributed by atoms with Crippen LogP contribution >= 0.6 is 0 Å². The van der Waals surface area contributed by atoms with Gasteiger partial charge in [-0.1, -0.05) is 0 Å². The summed E-state index contributed by atoms with van der Waals surface area (Å²) >= 11 is 0. The first-order valence-electron chi connectivity index (χ1n) is 9.87. The van der Waals surface area contributed by atoms with Gasteiger partial charge < -0.3 is 24.1 Å². The number of likely N-dealkylation sites (tertiary alicyclic amines) is 1. The van der Waals surface area contributed by atoms with Gasteiger partial charge in [0.25, 0.3) is 0 Å². The molecule has 0 bridgehead atoms. The van der Waals surface area contributed by atoms with E-state index in [9.17, 15) is 0 Å². The third-order valence-electron chi connectivity index (χ3n) is 5.78. The Labute approximate surface area is 165 Å². The molecule has 1 saturated heterocycles. The molecule has 28 heavy (non-hydrogen) atoms. The molecule has 0 atom stereocenters. The van der Waals surface area contributed by atoms with E-state index in [1.54, 1.807) is 21.3 Å². The summed E-state index contributed by atoms with van der Waals surface area (Å²) in [5.74, 6) is 4.98. The Balaban J connectivity index is 1.43. The van der Waals surface area contributed by atoms with E-state index in [1.165, 1.54) is 5.82 Å². The molecule has 1 fully saturated rings. The van der Waals surface area contributed by atoms with Crippen LogP contribution < -0.4 is 19.5 Å². The summed E-state index contributed by atoms with van der Waals surface area (Å²) in [7, 11) is 5.00. The van der Waals surface area contributed by atoms with Gasteiger partial charge in [0, 0.05) is 37.2 Å². The van der Waals surface area contributed by atoms with Crippen LogP contribution in [0.2, 0.25) is 0 Å². The Kier molecular flexibility index (Phi) is 5.68. The average molecular weight is 387 g/mol. The summed E-state index contributed by atoms with van der Waals surface area (Å²) in [5.41, 5.74) is 1.12. The number of hydrogen-bond acceptors (Lipinski definition) is 7. The predicted molar refractivity (Wildman–Crippen MR) is 105 cm³/mol. The molecule has 1 aromatic carbocycles. The van der Waals surface area contributed by atoms with Crippen LogP contribution in [0.3, 0.4) is 0 Å². The van der Waals surface area contributed by atoms with Crippen LogP contribution in [-0.4, -0.2) is 60.6 Å². The monoisotopic (exact) mass is 387 g/mol. The van der Waals surface area contributed by atoms with E-state index in [2.05, 4.69) is 25.0 Å². The molecule has 2 aromatic rings. The molecule has 4 rings (SSSR count). The number of fused-ring (bicyclic) bond motifs is 1. The lowest BCUT2D eigenvalue weighted by Crippen LogP contribution is -2.34. The van der Waals surface area contributed by atoms with Crippen molar-refractivity contribution < 1.29 is 14.2 Å². The van der Waals surface area contributed by atoms with E-state index in [-0.39, 0.29) is 0 Å². The summed E-state index contributed by atoms with van der Waals surface area (Å²) in [5, 5.41) is 12.2. The molecule has 0 aliphatic carbocycles. The summed E-state index contributed by atoms with van der Waals surface area (Å²) in [6.07, 6.45) is 2.20. The maximum Gasteiger partial charge on any atom is 0.164 e. The highest BCUT2D eigenvalue weighted by atomic mass is 16.5. The number of aromatic nitrogens is 3. The SMILES string of the molecule is COc1cc(OC)c(OC)cc1CN1CCC(c2nnc3n2CCNC3)CC1. The van der Waals surface area contributed by atoms with Gasteiger partial charge in [0.15, 0.2) is 11.5 Å². The Morgan fingerprint density at radius 1 is 0.964 bits per heavy atom. The van der Waals surface area contributed by atoms with Gasteiger partial charge in [-0.3, -0.25) is 4.90 Å². The predicted octanol–water partition coefficient (Wildman–Crippen LogP) is 1.79. The van der Waals surface area contributed by atoms with Gasteiger partial charge in [-0.2, -0.15) is 0 Å². The quantitative estimate of drug-likeness (QED) is 0.810. The van der Waals surface area contributed by atoms with Crippen molar-refractivity contribution in [3.63, 3.8) is 0 Å². The minimum atomic E-state index is 0.489. The second-order valence-electron chi connectivity index (χ2n) is 7.37. The van der Waals surface area contributed by atoms with Crippen molar-refractivity contribution in [3.05, 3.63) is 29.3 Å². The largest absolute Gasteiger partial charge is 0.496 e. The molecule has 0 radical (unpaired) electrons. The van der Waals surface area contributed by atoms with Crippen LogP contribution in [0, 0.1) is 0 Å². The Bertz CT molecular complexity index is 814. The highest BCUT2D eigenvalue weighted by Crippen LogP contribution is 2.36. The van der Waals surface area contributed by atoms with E-state index < -0.39 is 0 Å². The topological polar surface area (TPSA) is 73.7 Å². The van der Waals surface area contributed by atoms with E-state index in [1.807, 2.05) is 12.1 Å². The molecule has 2 aliphatic heterocycles. The molecular formula is C20H29N5O3. The van der Waals surface area contributed by atoms with Gasteiger partial charge in [0.2, 0.25) is 0 Å². The van der Waals surface area contributed by atoms with Crippen molar-refractivity contribution >= 4 is 0 Å². The third kappa shape index (κ3) is 3.66. The first-order valence-corrected chi connectivity index (χ1v) is 9.87. The summed E-state index contributed by atoms with van der Waals surface area (Å²) < 4.78 is 18.7. The summed E-state index contributed by atoms with van der Waals surface area (Å²) in [4.78, 5) is 2.47. The van der Waals surface area contributed by atoms with Gasteiger partial charge in [0.1, 0.15) is 17.4 Å². The lowest BCUT2D eigenvalue weighted by atomic mass is 9.95. The molecule has 1 N–H and O–H groups in total. The molecule has 0 spiro atoms. The third-order valence-corrected chi connectivity index (χ3v) is 5.78. The fraction of sp³-hybridized carbons (Fsp3) is 0.600. The number of rotatable bonds is 6. The smallest absolute Gasteiger partial charge is 0.164 e. The molecule has 0 saturated carbocycles. The zero-order valence-corrected chi connectivity index (χ0v) is 16.9. The number of ether oxygens (including phenoxy) is 3. The molecule has 152 valence electrons. The molecule has 8 nitrogen and oxygen atoms in total. The minimum absolute atomic E-state index is 0.489. The normalized spacial score (nSPS) is 18.0. The number of piperidine rings is 1. The second-order valence-corrected chi connectivity index (χ2v) is 7.37.